The van der Waals surface area contributed by atoms with Crippen molar-refractivity contribution in [2.24, 2.45) is 0 Å². The Morgan fingerprint density at radius 1 is 1.11 bits per heavy atom. The Morgan fingerprint density at radius 3 is 1.11 bits per heavy atom. The van der Waals surface area contributed by atoms with E-state index in [0.29, 0.717) is 0 Å². The summed E-state index contributed by atoms with van der Waals surface area (Å²) in [7, 11) is 0. The van der Waals surface area contributed by atoms with Gasteiger partial charge in [-0.25, -0.2) is 0 Å². The van der Waals surface area contributed by atoms with Gasteiger partial charge in [-0.3, -0.25) is 4.79 Å². The van der Waals surface area contributed by atoms with Crippen molar-refractivity contribution in [1.29, 1.82) is 0 Å². The molecule has 0 spiro atoms. The van der Waals surface area contributed by atoms with E-state index in [1.54, 1.807) is 0 Å². The fourth-order valence-corrected chi connectivity index (χ4v) is 0. The van der Waals surface area contributed by atoms with Gasteiger partial charge in [0.25, 0.3) is 5.97 Å². The first-order chi connectivity index (χ1) is 1.73. The predicted molar refractivity (Wildman–Crippen MR) is 36.3 cm³/mol. The molecule has 0 aliphatic carbocycles. The summed E-state index contributed by atoms with van der Waals surface area (Å²) in [6, 6.07) is 0. The molecule has 0 aromatic rings. The van der Waals surface area contributed by atoms with Gasteiger partial charge in [-0.1, -0.05) is 0 Å². The normalized spacial score (nSPS) is 2.78. The molecule has 0 aliphatic heterocycles. The summed E-state index contributed by atoms with van der Waals surface area (Å²) in [6.07, 6.45) is 0. The fraction of sp³-hybridized carbons (Fsp3) is 0.500. The molecule has 0 fully saturated rings. The van der Waals surface area contributed by atoms with E-state index in [9.17, 15) is 0 Å². The number of carbonyl (C=O) groups is 1. The molecule has 9 N–H and O–H groups in total. The number of carboxylic acids is 1. The molecule has 9 heavy (non-hydrogen) atoms. The quantitative estimate of drug-likeness (QED) is 0.411. The zero-order chi connectivity index (χ0) is 3.58. The van der Waals surface area contributed by atoms with Gasteiger partial charge in [-0.2, -0.15) is 0 Å². The third kappa shape index (κ3) is 649. The van der Waals surface area contributed by atoms with E-state index in [1.807, 2.05) is 0 Å². The summed E-state index contributed by atoms with van der Waals surface area (Å²) >= 11 is 0. The van der Waals surface area contributed by atoms with Gasteiger partial charge < -0.3 is 27.0 Å². The number of aliphatic carboxylic acids is 1. The molecule has 0 bridgehead atoms. The molecule has 0 saturated heterocycles. The Labute approximate surface area is 89.4 Å². The third-order valence-corrected chi connectivity index (χ3v) is 0. The summed E-state index contributed by atoms with van der Waals surface area (Å²) in [6.45, 7) is 1.08. The second-order valence-electron chi connectivity index (χ2n) is 0.519. The molecule has 0 saturated carbocycles. The van der Waals surface area contributed by atoms with Crippen LogP contribution in [0, 0.1) is 0 Å². The second kappa shape index (κ2) is 37.1. The molecular weight excluding hydrogens is 208 g/mol. The van der Waals surface area contributed by atoms with Gasteiger partial charge in [-0.05, 0) is 0 Å². The molecule has 0 atom stereocenters. The van der Waals surface area contributed by atoms with Crippen molar-refractivity contribution in [1.82, 2.24) is 0 Å². The van der Waals surface area contributed by atoms with Gasteiger partial charge in [0.1, 0.15) is 0 Å². The molecule has 0 radical (unpaired) electrons. The summed E-state index contributed by atoms with van der Waals surface area (Å²) < 4.78 is 0. The first-order valence-electron chi connectivity index (χ1n) is 0.928. The molecule has 6 nitrogen and oxygen atoms in total. The van der Waals surface area contributed by atoms with Crippen LogP contribution in [0.3, 0.4) is 0 Å². The summed E-state index contributed by atoms with van der Waals surface area (Å²) in [4.78, 5) is 9.00. The molecule has 7 heteroatoms. The summed E-state index contributed by atoms with van der Waals surface area (Å²) in [5.41, 5.74) is 0. The van der Waals surface area contributed by atoms with Crippen LogP contribution in [0.25, 0.3) is 0 Å². The Kier molecular flexibility index (Phi) is 217. The van der Waals surface area contributed by atoms with Gasteiger partial charge in [0.05, 0.1) is 0 Å². The van der Waals surface area contributed by atoms with Crippen LogP contribution in [-0.4, -0.2) is 78.5 Å². The molecule has 60 valence electrons. The predicted octanol–water partition coefficient (Wildman–Crippen LogP) is -4.12. The number of hydrogen-bond acceptors (Lipinski definition) is 1. The van der Waals surface area contributed by atoms with E-state index in [1.165, 1.54) is 0 Å². The van der Waals surface area contributed by atoms with Crippen LogP contribution in [0.15, 0.2) is 0 Å². The van der Waals surface area contributed by atoms with Crippen LogP contribution in [0.5, 0.6) is 0 Å². The zero-order valence-electron chi connectivity index (χ0n) is 4.36. The summed E-state index contributed by atoms with van der Waals surface area (Å²) in [5, 5.41) is 7.42. The number of carboxylic acid groups (broad SMARTS) is 1. The van der Waals surface area contributed by atoms with Crippen molar-refractivity contribution in [2.45, 2.75) is 6.92 Å². The Hall–Kier alpha value is 0.791. The minimum atomic E-state index is -0.833. The first-order valence-corrected chi connectivity index (χ1v) is 0.928. The van der Waals surface area contributed by atoms with E-state index < -0.39 is 5.97 Å². The molecule has 0 rings (SSSR count). The van der Waals surface area contributed by atoms with E-state index in [2.05, 4.69) is 0 Å². The molecule has 0 aliphatic rings. The third-order valence-electron chi connectivity index (χ3n) is 0. The van der Waals surface area contributed by atoms with Crippen LogP contribution < -0.4 is 0 Å². The van der Waals surface area contributed by atoms with Crippen LogP contribution in [0.1, 0.15) is 6.92 Å². The van der Waals surface area contributed by atoms with Crippen molar-refractivity contribution in [3.8, 4) is 0 Å². The second-order valence-corrected chi connectivity index (χ2v) is 0.519. The average molecular weight is 222 g/mol. The van der Waals surface area contributed by atoms with Gasteiger partial charge >= 0.3 is 45.5 Å². The maximum atomic E-state index is 9.00. The average Bonchev–Trinajstić information content (AvgIpc) is 0.811. The van der Waals surface area contributed by atoms with Gasteiger partial charge in [0.15, 0.2) is 0 Å². The van der Waals surface area contributed by atoms with Crippen LogP contribution >= 0.6 is 0 Å². The van der Waals surface area contributed by atoms with E-state index >= 15 is 0 Å². The van der Waals surface area contributed by atoms with Crippen LogP contribution in [-0.2, 0) is 4.79 Å². The van der Waals surface area contributed by atoms with Gasteiger partial charge in [-0.15, -0.1) is 0 Å². The first kappa shape index (κ1) is 52.7. The zero-order valence-corrected chi connectivity index (χ0v) is 4.36. The van der Waals surface area contributed by atoms with E-state index in [4.69, 9.17) is 9.90 Å². The maximum absolute atomic E-state index is 9.00. The molecule has 0 aromatic heterocycles. The fourth-order valence-electron chi connectivity index (χ4n) is 0. The SMILES string of the molecule is CC(=O)O.O.O.O.O.[SrH2]. The summed E-state index contributed by atoms with van der Waals surface area (Å²) in [5.74, 6) is -0.833. The number of rotatable bonds is 0. The Morgan fingerprint density at radius 2 is 1.11 bits per heavy atom. The molecular formula is C2H14O6Sr. The van der Waals surface area contributed by atoms with Crippen molar-refractivity contribution in [2.75, 3.05) is 0 Å². The van der Waals surface area contributed by atoms with Crippen LogP contribution in [0.4, 0.5) is 0 Å². The van der Waals surface area contributed by atoms with Gasteiger partial charge in [0, 0.05) is 6.92 Å². The molecule has 0 aromatic carbocycles. The van der Waals surface area contributed by atoms with Crippen molar-refractivity contribution >= 4 is 51.5 Å². The Balaban J connectivity index is -0.00000000450. The van der Waals surface area contributed by atoms with Crippen LogP contribution in [0.2, 0.25) is 0 Å². The minimum absolute atomic E-state index is 0. The van der Waals surface area contributed by atoms with E-state index in [-0.39, 0.29) is 67.4 Å². The van der Waals surface area contributed by atoms with Gasteiger partial charge in [0.2, 0.25) is 0 Å². The number of hydrogen-bond donors (Lipinski definition) is 1. The molecule has 0 heterocycles. The Bertz CT molecular complexity index is 34.0. The standard InChI is InChI=1S/C2H4O2.4H2O.Sr.2H/c1-2(3)4;;;;;;;/h1H3,(H,3,4);4*1H2;;;. The van der Waals surface area contributed by atoms with Crippen molar-refractivity contribution in [3.63, 3.8) is 0 Å². The topological polar surface area (TPSA) is 163 Å². The molecule has 0 amide bonds. The van der Waals surface area contributed by atoms with Crippen molar-refractivity contribution < 1.29 is 31.8 Å². The monoisotopic (exact) mass is 222 g/mol. The molecule has 0 unspecified atom stereocenters. The van der Waals surface area contributed by atoms with Crippen molar-refractivity contribution in [3.05, 3.63) is 0 Å². The van der Waals surface area contributed by atoms with E-state index in [0.717, 1.165) is 6.92 Å².